The molecule has 7 nitrogen and oxygen atoms in total. The highest BCUT2D eigenvalue weighted by Crippen LogP contribution is 2.41. The number of hydrogen-bond acceptors (Lipinski definition) is 4. The van der Waals surface area contributed by atoms with E-state index in [4.69, 9.17) is 0 Å². The minimum absolute atomic E-state index is 0.0388. The van der Waals surface area contributed by atoms with Crippen LogP contribution in [0.15, 0.2) is 54.6 Å². The van der Waals surface area contributed by atoms with E-state index < -0.39 is 6.04 Å². The van der Waals surface area contributed by atoms with Crippen molar-refractivity contribution in [3.63, 3.8) is 0 Å². The molecule has 1 saturated heterocycles. The van der Waals surface area contributed by atoms with E-state index >= 15 is 0 Å². The normalized spacial score (nSPS) is 21.0. The van der Waals surface area contributed by atoms with Gasteiger partial charge in [0.1, 0.15) is 6.04 Å². The number of rotatable bonds is 6. The van der Waals surface area contributed by atoms with E-state index in [1.54, 1.807) is 11.0 Å². The standard InChI is InChI=1S/C26H30N4O3/c31-23(29-14-6-13-28(15-16-29)18-19-7-2-1-3-8-19)17-27-25(32)24-21-9-4-5-10-22(21)26(33)30(24)20-11-12-20/h1-5,7-10,20,24H,6,11-18H2,(H,27,32). The molecule has 3 amide bonds. The predicted octanol–water partition coefficient (Wildman–Crippen LogP) is 2.20. The number of nitrogens with zero attached hydrogens (tertiary/aromatic N) is 3. The molecule has 0 aromatic heterocycles. The lowest BCUT2D eigenvalue weighted by atomic mass is 10.0. The highest BCUT2D eigenvalue weighted by molar-refractivity contribution is 6.05. The molecule has 1 unspecified atom stereocenters. The SMILES string of the molecule is O=C(NCC(=O)N1CCCN(Cc2ccccc2)CC1)C1c2ccccc2C(=O)N1C1CC1. The number of fused-ring (bicyclic) bond motifs is 1. The van der Waals surface area contributed by atoms with Gasteiger partial charge < -0.3 is 15.1 Å². The minimum atomic E-state index is -0.639. The van der Waals surface area contributed by atoms with E-state index in [1.807, 2.05) is 41.3 Å². The summed E-state index contributed by atoms with van der Waals surface area (Å²) >= 11 is 0. The van der Waals surface area contributed by atoms with Crippen LogP contribution in [-0.2, 0) is 16.1 Å². The van der Waals surface area contributed by atoms with Crippen molar-refractivity contribution in [1.82, 2.24) is 20.0 Å². The van der Waals surface area contributed by atoms with Gasteiger partial charge in [-0.1, -0.05) is 48.5 Å². The fourth-order valence-corrected chi connectivity index (χ4v) is 4.92. The summed E-state index contributed by atoms with van der Waals surface area (Å²) in [5.41, 5.74) is 2.61. The van der Waals surface area contributed by atoms with Gasteiger partial charge >= 0.3 is 0 Å². The summed E-state index contributed by atoms with van der Waals surface area (Å²) in [6, 6.07) is 17.2. The summed E-state index contributed by atoms with van der Waals surface area (Å²) in [5.74, 6) is -0.417. The first kappa shape index (κ1) is 21.6. The van der Waals surface area contributed by atoms with Crippen LogP contribution >= 0.6 is 0 Å². The van der Waals surface area contributed by atoms with Crippen LogP contribution in [0, 0.1) is 0 Å². The summed E-state index contributed by atoms with van der Waals surface area (Å²) in [4.78, 5) is 44.8. The molecule has 1 N–H and O–H groups in total. The van der Waals surface area contributed by atoms with Gasteiger partial charge in [-0.15, -0.1) is 0 Å². The first-order chi connectivity index (χ1) is 16.1. The molecule has 7 heteroatoms. The van der Waals surface area contributed by atoms with E-state index in [-0.39, 0.29) is 30.3 Å². The van der Waals surface area contributed by atoms with E-state index in [1.165, 1.54) is 5.56 Å². The minimum Gasteiger partial charge on any atom is -0.345 e. The quantitative estimate of drug-likeness (QED) is 0.739. The fraction of sp³-hybridized carbons (Fsp3) is 0.423. The summed E-state index contributed by atoms with van der Waals surface area (Å²) in [5, 5.41) is 2.83. The van der Waals surface area contributed by atoms with Gasteiger partial charge in [-0.05, 0) is 36.5 Å². The zero-order valence-electron chi connectivity index (χ0n) is 18.8. The van der Waals surface area contributed by atoms with Gasteiger partial charge in [-0.3, -0.25) is 19.3 Å². The van der Waals surface area contributed by atoms with Crippen LogP contribution in [0.25, 0.3) is 0 Å². The zero-order valence-corrected chi connectivity index (χ0v) is 18.8. The molecule has 1 aliphatic carbocycles. The smallest absolute Gasteiger partial charge is 0.255 e. The molecular weight excluding hydrogens is 416 g/mol. The summed E-state index contributed by atoms with van der Waals surface area (Å²) < 4.78 is 0. The van der Waals surface area contributed by atoms with Crippen molar-refractivity contribution in [3.8, 4) is 0 Å². The molecule has 2 heterocycles. The number of hydrogen-bond donors (Lipinski definition) is 1. The van der Waals surface area contributed by atoms with E-state index in [9.17, 15) is 14.4 Å². The Kier molecular flexibility index (Phi) is 6.13. The number of carbonyl (C=O) groups excluding carboxylic acids is 3. The largest absolute Gasteiger partial charge is 0.345 e. The summed E-state index contributed by atoms with van der Waals surface area (Å²) in [7, 11) is 0. The van der Waals surface area contributed by atoms with Gasteiger partial charge in [0, 0.05) is 44.3 Å². The van der Waals surface area contributed by atoms with E-state index in [0.717, 1.165) is 44.5 Å². The molecule has 0 bridgehead atoms. The number of nitrogens with one attached hydrogen (secondary N) is 1. The maximum absolute atomic E-state index is 13.1. The average molecular weight is 447 g/mol. The van der Waals surface area contributed by atoms with Gasteiger partial charge in [-0.25, -0.2) is 0 Å². The van der Waals surface area contributed by atoms with Crippen LogP contribution < -0.4 is 5.32 Å². The fourth-order valence-electron chi connectivity index (χ4n) is 4.92. The molecule has 2 aromatic carbocycles. The van der Waals surface area contributed by atoms with Crippen molar-refractivity contribution in [2.24, 2.45) is 0 Å². The van der Waals surface area contributed by atoms with E-state index in [2.05, 4.69) is 22.3 Å². The maximum atomic E-state index is 13.1. The summed E-state index contributed by atoms with van der Waals surface area (Å²) in [6.45, 7) is 3.95. The lowest BCUT2D eigenvalue weighted by Crippen LogP contribution is -2.45. The Balaban J connectivity index is 1.17. The van der Waals surface area contributed by atoms with Gasteiger partial charge in [0.15, 0.2) is 0 Å². The molecule has 5 rings (SSSR count). The Labute approximate surface area is 194 Å². The van der Waals surface area contributed by atoms with Crippen molar-refractivity contribution in [2.45, 2.75) is 37.9 Å². The van der Waals surface area contributed by atoms with Gasteiger partial charge in [0.05, 0.1) is 6.54 Å². The topological polar surface area (TPSA) is 73.0 Å². The molecule has 33 heavy (non-hydrogen) atoms. The van der Waals surface area contributed by atoms with Crippen LogP contribution in [0.5, 0.6) is 0 Å². The van der Waals surface area contributed by atoms with Crippen LogP contribution in [-0.4, -0.2) is 71.2 Å². The Hall–Kier alpha value is -3.19. The molecule has 0 radical (unpaired) electrons. The lowest BCUT2D eigenvalue weighted by Gasteiger charge is -2.25. The molecule has 172 valence electrons. The molecule has 2 aliphatic heterocycles. The van der Waals surface area contributed by atoms with Crippen LogP contribution in [0.4, 0.5) is 0 Å². The van der Waals surface area contributed by atoms with Crippen LogP contribution in [0.3, 0.4) is 0 Å². The van der Waals surface area contributed by atoms with Crippen molar-refractivity contribution >= 4 is 17.7 Å². The Morgan fingerprint density at radius 1 is 0.909 bits per heavy atom. The number of amides is 3. The predicted molar refractivity (Wildman–Crippen MR) is 124 cm³/mol. The average Bonchev–Trinajstić information content (AvgIpc) is 3.66. The highest BCUT2D eigenvalue weighted by atomic mass is 16.2. The third kappa shape index (κ3) is 4.64. The van der Waals surface area contributed by atoms with Gasteiger partial charge in [-0.2, -0.15) is 0 Å². The van der Waals surface area contributed by atoms with Gasteiger partial charge in [0.25, 0.3) is 5.91 Å². The molecular formula is C26H30N4O3. The Morgan fingerprint density at radius 2 is 1.67 bits per heavy atom. The van der Waals surface area contributed by atoms with Crippen molar-refractivity contribution in [2.75, 3.05) is 32.7 Å². The third-order valence-corrected chi connectivity index (χ3v) is 6.79. The summed E-state index contributed by atoms with van der Waals surface area (Å²) in [6.07, 6.45) is 2.76. The monoisotopic (exact) mass is 446 g/mol. The second kappa shape index (κ2) is 9.35. The highest BCUT2D eigenvalue weighted by Gasteiger charge is 2.47. The van der Waals surface area contributed by atoms with Crippen LogP contribution in [0.1, 0.15) is 46.8 Å². The van der Waals surface area contributed by atoms with Crippen molar-refractivity contribution < 1.29 is 14.4 Å². The van der Waals surface area contributed by atoms with Crippen molar-refractivity contribution in [3.05, 3.63) is 71.3 Å². The number of benzene rings is 2. The third-order valence-electron chi connectivity index (χ3n) is 6.79. The maximum Gasteiger partial charge on any atom is 0.255 e. The zero-order chi connectivity index (χ0) is 22.8. The van der Waals surface area contributed by atoms with Gasteiger partial charge in [0.2, 0.25) is 11.8 Å². The second-order valence-electron chi connectivity index (χ2n) is 9.15. The Morgan fingerprint density at radius 3 is 2.45 bits per heavy atom. The molecule has 1 saturated carbocycles. The first-order valence-corrected chi connectivity index (χ1v) is 11.8. The van der Waals surface area contributed by atoms with Crippen LogP contribution in [0.2, 0.25) is 0 Å². The van der Waals surface area contributed by atoms with E-state index in [0.29, 0.717) is 18.7 Å². The first-order valence-electron chi connectivity index (χ1n) is 11.8. The van der Waals surface area contributed by atoms with Crippen molar-refractivity contribution in [1.29, 1.82) is 0 Å². The lowest BCUT2D eigenvalue weighted by molar-refractivity contribution is -0.134. The second-order valence-corrected chi connectivity index (χ2v) is 9.15. The molecule has 1 atom stereocenters. The molecule has 2 fully saturated rings. The Bertz CT molecular complexity index is 1040. The molecule has 3 aliphatic rings. The molecule has 2 aromatic rings. The number of carbonyl (C=O) groups is 3. The molecule has 0 spiro atoms.